The van der Waals surface area contributed by atoms with E-state index in [-0.39, 0.29) is 25.0 Å². The fourth-order valence-electron chi connectivity index (χ4n) is 3.15. The molecule has 33 heavy (non-hydrogen) atoms. The van der Waals surface area contributed by atoms with Crippen LogP contribution in [0.3, 0.4) is 0 Å². The maximum atomic E-state index is 12.8. The number of hydrogen-bond acceptors (Lipinski definition) is 7. The predicted molar refractivity (Wildman–Crippen MR) is 131 cm³/mol. The second-order valence-corrected chi connectivity index (χ2v) is 9.56. The van der Waals surface area contributed by atoms with E-state index in [0.717, 1.165) is 5.56 Å². The Balaban J connectivity index is 1.26. The summed E-state index contributed by atoms with van der Waals surface area (Å²) in [6.07, 6.45) is 2.26. The Hall–Kier alpha value is -2.89. The summed E-state index contributed by atoms with van der Waals surface area (Å²) in [4.78, 5) is 39.0. The van der Waals surface area contributed by atoms with Crippen molar-refractivity contribution in [1.82, 2.24) is 15.8 Å². The first-order chi connectivity index (χ1) is 15.9. The van der Waals surface area contributed by atoms with Gasteiger partial charge < -0.3 is 9.47 Å². The second kappa shape index (κ2) is 10.4. The first-order valence-electron chi connectivity index (χ1n) is 9.91. The standard InChI is InChI=1S/C22H18BrN3O5S2/c23-15-5-2-1-4-14(15)20(28)25-24-19(27)6-3-9-26-21(29)18(33-22(26)32)11-13-7-8-16-17(10-13)31-12-30-16/h1-2,4-5,7-8,10-11H,3,6,9,12H2,(H,24,27)(H,25,28)/b18-11-. The zero-order chi connectivity index (χ0) is 23.4. The highest BCUT2D eigenvalue weighted by molar-refractivity contribution is 9.10. The van der Waals surface area contributed by atoms with Crippen LogP contribution in [-0.2, 0) is 9.59 Å². The van der Waals surface area contributed by atoms with Crippen LogP contribution >= 0.6 is 39.9 Å². The first kappa shape index (κ1) is 23.3. The molecular formula is C22H18BrN3O5S2. The summed E-state index contributed by atoms with van der Waals surface area (Å²) in [6.45, 7) is 0.483. The molecule has 1 saturated heterocycles. The molecule has 0 unspecified atom stereocenters. The minimum Gasteiger partial charge on any atom is -0.454 e. The van der Waals surface area contributed by atoms with Gasteiger partial charge in [-0.2, -0.15) is 0 Å². The SMILES string of the molecule is O=C(CCCN1C(=O)/C(=C/c2ccc3c(c2)OCO3)SC1=S)NNC(=O)c1ccccc1Br. The molecule has 3 amide bonds. The monoisotopic (exact) mass is 547 g/mol. The van der Waals surface area contributed by atoms with Gasteiger partial charge in [0.05, 0.1) is 10.5 Å². The maximum absolute atomic E-state index is 12.8. The van der Waals surface area contributed by atoms with Crippen LogP contribution in [0.4, 0.5) is 0 Å². The van der Waals surface area contributed by atoms with Crippen molar-refractivity contribution in [2.24, 2.45) is 0 Å². The van der Waals surface area contributed by atoms with Crippen molar-refractivity contribution in [3.8, 4) is 11.5 Å². The van der Waals surface area contributed by atoms with Crippen molar-refractivity contribution in [3.63, 3.8) is 0 Å². The summed E-state index contributed by atoms with van der Waals surface area (Å²) in [7, 11) is 0. The van der Waals surface area contributed by atoms with Crippen LogP contribution in [0.15, 0.2) is 51.8 Å². The van der Waals surface area contributed by atoms with Gasteiger partial charge in [-0.3, -0.25) is 30.1 Å². The molecule has 2 aliphatic heterocycles. The van der Waals surface area contributed by atoms with Gasteiger partial charge in [-0.05, 0) is 58.3 Å². The molecule has 170 valence electrons. The van der Waals surface area contributed by atoms with Crippen molar-refractivity contribution >= 4 is 68.0 Å². The normalized spacial score (nSPS) is 15.8. The summed E-state index contributed by atoms with van der Waals surface area (Å²) < 4.78 is 11.7. The number of carbonyl (C=O) groups excluding carboxylic acids is 3. The second-order valence-electron chi connectivity index (χ2n) is 7.03. The molecule has 11 heteroatoms. The van der Waals surface area contributed by atoms with Crippen LogP contribution in [-0.4, -0.2) is 40.3 Å². The van der Waals surface area contributed by atoms with Gasteiger partial charge in [0, 0.05) is 17.4 Å². The predicted octanol–water partition coefficient (Wildman–Crippen LogP) is 3.62. The summed E-state index contributed by atoms with van der Waals surface area (Å²) in [5, 5.41) is 0. The molecule has 1 fully saturated rings. The summed E-state index contributed by atoms with van der Waals surface area (Å²) in [6, 6.07) is 12.3. The molecule has 2 aromatic carbocycles. The molecule has 8 nitrogen and oxygen atoms in total. The molecule has 0 bridgehead atoms. The number of fused-ring (bicyclic) bond motifs is 1. The van der Waals surface area contributed by atoms with E-state index in [2.05, 4.69) is 26.8 Å². The van der Waals surface area contributed by atoms with Crippen LogP contribution in [0.25, 0.3) is 6.08 Å². The molecule has 4 rings (SSSR count). The van der Waals surface area contributed by atoms with Gasteiger partial charge in [0.2, 0.25) is 12.7 Å². The lowest BCUT2D eigenvalue weighted by molar-refractivity contribution is -0.124. The summed E-state index contributed by atoms with van der Waals surface area (Å²) in [5.41, 5.74) is 5.98. The van der Waals surface area contributed by atoms with Crippen LogP contribution in [0, 0.1) is 0 Å². The van der Waals surface area contributed by atoms with Gasteiger partial charge in [-0.1, -0.05) is 42.2 Å². The number of hydrazine groups is 1. The van der Waals surface area contributed by atoms with E-state index in [1.54, 1.807) is 36.4 Å². The Labute approximate surface area is 207 Å². The molecule has 0 aliphatic carbocycles. The van der Waals surface area contributed by atoms with Gasteiger partial charge in [-0.25, -0.2) is 0 Å². The molecule has 2 N–H and O–H groups in total. The lowest BCUT2D eigenvalue weighted by Crippen LogP contribution is -2.42. The molecule has 0 radical (unpaired) electrons. The Kier molecular flexibility index (Phi) is 7.31. The van der Waals surface area contributed by atoms with Crippen molar-refractivity contribution in [1.29, 1.82) is 0 Å². The van der Waals surface area contributed by atoms with Gasteiger partial charge in [0.25, 0.3) is 11.8 Å². The van der Waals surface area contributed by atoms with E-state index >= 15 is 0 Å². The average Bonchev–Trinajstić information content (AvgIpc) is 3.37. The summed E-state index contributed by atoms with van der Waals surface area (Å²) in [5.74, 6) is 0.311. The number of rotatable bonds is 6. The number of hydrogen-bond donors (Lipinski definition) is 2. The van der Waals surface area contributed by atoms with Gasteiger partial charge >= 0.3 is 0 Å². The molecule has 2 aromatic rings. The van der Waals surface area contributed by atoms with E-state index in [1.807, 2.05) is 12.1 Å². The van der Waals surface area contributed by atoms with Gasteiger partial charge in [-0.15, -0.1) is 0 Å². The molecule has 2 aliphatic rings. The number of thioether (sulfide) groups is 1. The molecule has 0 saturated carbocycles. The molecule has 0 aromatic heterocycles. The van der Waals surface area contributed by atoms with Crippen LogP contribution in [0.5, 0.6) is 11.5 Å². The highest BCUT2D eigenvalue weighted by atomic mass is 79.9. The van der Waals surface area contributed by atoms with E-state index in [9.17, 15) is 14.4 Å². The minimum atomic E-state index is -0.429. The lowest BCUT2D eigenvalue weighted by atomic mass is 10.2. The minimum absolute atomic E-state index is 0.120. The fourth-order valence-corrected chi connectivity index (χ4v) is 4.92. The Bertz CT molecular complexity index is 1170. The maximum Gasteiger partial charge on any atom is 0.270 e. The Morgan fingerprint density at radius 2 is 1.94 bits per heavy atom. The smallest absolute Gasteiger partial charge is 0.270 e. The van der Waals surface area contributed by atoms with E-state index in [1.165, 1.54) is 16.7 Å². The van der Waals surface area contributed by atoms with Gasteiger partial charge in [0.15, 0.2) is 11.5 Å². The number of carbonyl (C=O) groups is 3. The first-order valence-corrected chi connectivity index (χ1v) is 11.9. The van der Waals surface area contributed by atoms with Crippen molar-refractivity contribution in [2.75, 3.05) is 13.3 Å². The summed E-state index contributed by atoms with van der Waals surface area (Å²) >= 11 is 9.85. The molecule has 0 atom stereocenters. The molecule has 2 heterocycles. The molecular weight excluding hydrogens is 530 g/mol. The number of nitrogens with one attached hydrogen (secondary N) is 2. The number of halogens is 1. The highest BCUT2D eigenvalue weighted by Gasteiger charge is 2.31. The number of thiocarbonyl (C=S) groups is 1. The van der Waals surface area contributed by atoms with Gasteiger partial charge in [0.1, 0.15) is 4.32 Å². The quantitative estimate of drug-likeness (QED) is 0.324. The third-order valence-corrected chi connectivity index (χ3v) is 6.86. The number of ether oxygens (including phenoxy) is 2. The van der Waals surface area contributed by atoms with Crippen molar-refractivity contribution < 1.29 is 23.9 Å². The topological polar surface area (TPSA) is 97.0 Å². The number of amides is 3. The number of benzene rings is 2. The Morgan fingerprint density at radius 3 is 2.76 bits per heavy atom. The third-order valence-electron chi connectivity index (χ3n) is 4.79. The van der Waals surface area contributed by atoms with Crippen LogP contribution < -0.4 is 20.3 Å². The average molecular weight is 548 g/mol. The van der Waals surface area contributed by atoms with E-state index in [0.29, 0.717) is 43.7 Å². The van der Waals surface area contributed by atoms with E-state index in [4.69, 9.17) is 21.7 Å². The lowest BCUT2D eigenvalue weighted by Gasteiger charge is -2.14. The van der Waals surface area contributed by atoms with Crippen LogP contribution in [0.2, 0.25) is 0 Å². The zero-order valence-corrected chi connectivity index (χ0v) is 20.3. The third kappa shape index (κ3) is 5.55. The van der Waals surface area contributed by atoms with E-state index < -0.39 is 5.91 Å². The Morgan fingerprint density at radius 1 is 1.15 bits per heavy atom. The van der Waals surface area contributed by atoms with Crippen LogP contribution in [0.1, 0.15) is 28.8 Å². The highest BCUT2D eigenvalue weighted by Crippen LogP contribution is 2.36. The fraction of sp³-hybridized carbons (Fsp3) is 0.182. The number of nitrogens with zero attached hydrogens (tertiary/aromatic N) is 1. The molecule has 0 spiro atoms. The largest absolute Gasteiger partial charge is 0.454 e. The zero-order valence-electron chi connectivity index (χ0n) is 17.1. The van der Waals surface area contributed by atoms with Crippen molar-refractivity contribution in [3.05, 3.63) is 63.0 Å². The van der Waals surface area contributed by atoms with Crippen molar-refractivity contribution in [2.45, 2.75) is 12.8 Å².